The van der Waals surface area contributed by atoms with Gasteiger partial charge in [-0.25, -0.2) is 0 Å². The van der Waals surface area contributed by atoms with Gasteiger partial charge < -0.3 is 20.6 Å². The lowest BCUT2D eigenvalue weighted by atomic mass is 9.94. The molecule has 1 saturated carbocycles. The van der Waals surface area contributed by atoms with Crippen LogP contribution in [0.5, 0.6) is 0 Å². The molecule has 3 rings (SSSR count). The zero-order valence-corrected chi connectivity index (χ0v) is 15.2. The van der Waals surface area contributed by atoms with Gasteiger partial charge in [-0.1, -0.05) is 6.42 Å². The van der Waals surface area contributed by atoms with Gasteiger partial charge >= 0.3 is 0 Å². The van der Waals surface area contributed by atoms with Crippen LogP contribution >= 0.6 is 12.2 Å². The summed E-state index contributed by atoms with van der Waals surface area (Å²) in [6.07, 6.45) is 5.13. The second-order valence-electron chi connectivity index (χ2n) is 6.90. The van der Waals surface area contributed by atoms with Crippen molar-refractivity contribution in [3.05, 3.63) is 29.4 Å². The van der Waals surface area contributed by atoms with Crippen LogP contribution in [0.3, 0.4) is 0 Å². The van der Waals surface area contributed by atoms with E-state index in [1.165, 1.54) is 6.26 Å². The summed E-state index contributed by atoms with van der Waals surface area (Å²) in [4.78, 5) is 0. The zero-order valence-electron chi connectivity index (χ0n) is 14.4. The molecule has 0 amide bonds. The number of thiocarbonyl (C=S) groups is 1. The highest BCUT2D eigenvalue weighted by Crippen LogP contribution is 2.41. The maximum atomic E-state index is 13.5. The van der Waals surface area contributed by atoms with E-state index in [4.69, 9.17) is 22.4 Å². The molecule has 8 nitrogen and oxygen atoms in total. The van der Waals surface area contributed by atoms with Gasteiger partial charge in [0.2, 0.25) is 0 Å². The fraction of sp³-hybridized carbons (Fsp3) is 0.562. The Bertz CT molecular complexity index is 728. The molecule has 0 aromatic carbocycles. The predicted molar refractivity (Wildman–Crippen MR) is 97.3 cm³/mol. The first-order valence-corrected chi connectivity index (χ1v) is 8.73. The summed E-state index contributed by atoms with van der Waals surface area (Å²) in [7, 11) is 0. The molecule has 1 fully saturated rings. The maximum absolute atomic E-state index is 13.5. The molecule has 2 aliphatic rings. The topological polar surface area (TPSA) is 113 Å². The molecule has 0 bridgehead atoms. The van der Waals surface area contributed by atoms with Crippen LogP contribution in [0.25, 0.3) is 0 Å². The summed E-state index contributed by atoms with van der Waals surface area (Å²) >= 11 is 4.82. The van der Waals surface area contributed by atoms with Crippen molar-refractivity contribution in [1.82, 2.24) is 10.5 Å². The molecular formula is C16H23N5O3S. The van der Waals surface area contributed by atoms with Crippen molar-refractivity contribution in [3.8, 4) is 0 Å². The van der Waals surface area contributed by atoms with E-state index in [0.29, 0.717) is 30.0 Å². The van der Waals surface area contributed by atoms with Gasteiger partial charge in [0.05, 0.1) is 6.26 Å². The van der Waals surface area contributed by atoms with Crippen molar-refractivity contribution in [2.45, 2.75) is 57.2 Å². The molecule has 1 aliphatic heterocycles. The quantitative estimate of drug-likeness (QED) is 0.317. The number of hydrogen-bond donors (Lipinski definition) is 3. The Kier molecular flexibility index (Phi) is 4.56. The molecule has 9 heteroatoms. The Balaban J connectivity index is 2.19. The van der Waals surface area contributed by atoms with Crippen LogP contribution in [0.1, 0.15) is 51.7 Å². The summed E-state index contributed by atoms with van der Waals surface area (Å²) < 4.78 is 6.30. The molecule has 1 spiro atoms. The van der Waals surface area contributed by atoms with E-state index in [1.54, 1.807) is 26.0 Å². The fourth-order valence-electron chi connectivity index (χ4n) is 3.80. The number of nitrogens with two attached hydrogens (primary N) is 1. The summed E-state index contributed by atoms with van der Waals surface area (Å²) in [5.74, 6) is 0.432. The van der Waals surface area contributed by atoms with Crippen molar-refractivity contribution in [3.63, 3.8) is 0 Å². The lowest BCUT2D eigenvalue weighted by molar-refractivity contribution is -0.567. The van der Waals surface area contributed by atoms with Gasteiger partial charge in [-0.05, 0) is 57.5 Å². The number of rotatable bonds is 2. The normalized spacial score (nSPS) is 28.5. The highest BCUT2D eigenvalue weighted by atomic mass is 32.1. The molecule has 2 heterocycles. The van der Waals surface area contributed by atoms with Crippen molar-refractivity contribution >= 4 is 28.8 Å². The Morgan fingerprint density at radius 3 is 2.88 bits per heavy atom. The molecule has 1 atom stereocenters. The Hall–Kier alpha value is -1.97. The van der Waals surface area contributed by atoms with Crippen LogP contribution in [0.2, 0.25) is 0 Å². The lowest BCUT2D eigenvalue weighted by Gasteiger charge is -2.35. The van der Waals surface area contributed by atoms with E-state index in [0.717, 1.165) is 29.1 Å². The molecule has 4 N–H and O–H groups in total. The van der Waals surface area contributed by atoms with Crippen LogP contribution in [-0.2, 0) is 0 Å². The lowest BCUT2D eigenvalue weighted by Crippen LogP contribution is -2.59. The second-order valence-corrected chi connectivity index (χ2v) is 7.34. The summed E-state index contributed by atoms with van der Waals surface area (Å²) in [5.41, 5.74) is 6.69. The fourth-order valence-corrected chi connectivity index (χ4v) is 3.84. The molecule has 1 unspecified atom stereocenters. The van der Waals surface area contributed by atoms with Crippen molar-refractivity contribution < 1.29 is 14.4 Å². The average Bonchev–Trinajstić information content (AvgIpc) is 3.02. The maximum Gasteiger partial charge on any atom is 0.292 e. The zero-order chi connectivity index (χ0) is 18.2. The van der Waals surface area contributed by atoms with E-state index in [1.807, 2.05) is 0 Å². The SMILES string of the molecule is CC1(C)C(c2ccco2)=[N+]([O-])C2(CCCCC/C2=N/NC(N)=S)N1O. The second kappa shape index (κ2) is 6.40. The molecule has 1 aliphatic carbocycles. The third-order valence-corrected chi connectivity index (χ3v) is 5.05. The summed E-state index contributed by atoms with van der Waals surface area (Å²) in [6, 6.07) is 3.44. The predicted octanol–water partition coefficient (Wildman–Crippen LogP) is 1.91. The van der Waals surface area contributed by atoms with Crippen LogP contribution in [0, 0.1) is 5.21 Å². The van der Waals surface area contributed by atoms with E-state index >= 15 is 0 Å². The smallest absolute Gasteiger partial charge is 0.292 e. The summed E-state index contributed by atoms with van der Waals surface area (Å²) in [6.45, 7) is 3.57. The number of nitrogens with one attached hydrogen (secondary N) is 1. The minimum Gasteiger partial charge on any atom is -0.622 e. The van der Waals surface area contributed by atoms with Crippen LogP contribution < -0.4 is 11.2 Å². The van der Waals surface area contributed by atoms with Gasteiger partial charge in [-0.2, -0.15) is 9.84 Å². The molecule has 0 radical (unpaired) electrons. The average molecular weight is 365 g/mol. The van der Waals surface area contributed by atoms with Crippen LogP contribution in [0.4, 0.5) is 0 Å². The molecule has 1 aromatic heterocycles. The number of hydroxylamine groups is 3. The van der Waals surface area contributed by atoms with Crippen molar-refractivity contribution in [2.75, 3.05) is 0 Å². The van der Waals surface area contributed by atoms with E-state index < -0.39 is 11.2 Å². The molecular weight excluding hydrogens is 342 g/mol. The first-order chi connectivity index (χ1) is 11.8. The van der Waals surface area contributed by atoms with Gasteiger partial charge in [-0.15, -0.1) is 5.06 Å². The van der Waals surface area contributed by atoms with E-state index in [9.17, 15) is 10.4 Å². The molecule has 1 aromatic rings. The third kappa shape index (κ3) is 2.72. The molecule has 136 valence electrons. The Morgan fingerprint density at radius 1 is 1.48 bits per heavy atom. The first kappa shape index (κ1) is 17.8. The summed E-state index contributed by atoms with van der Waals surface area (Å²) in [5, 5.41) is 29.9. The minimum atomic E-state index is -1.31. The number of nitrogens with zero attached hydrogens (tertiary/aromatic N) is 3. The Labute approximate surface area is 151 Å². The van der Waals surface area contributed by atoms with Gasteiger partial charge in [0.15, 0.2) is 10.9 Å². The van der Waals surface area contributed by atoms with Gasteiger partial charge in [0, 0.05) is 6.42 Å². The van der Waals surface area contributed by atoms with Gasteiger partial charge in [-0.3, -0.25) is 5.43 Å². The van der Waals surface area contributed by atoms with E-state index in [-0.39, 0.29) is 5.11 Å². The molecule has 25 heavy (non-hydrogen) atoms. The van der Waals surface area contributed by atoms with Crippen LogP contribution in [-0.4, -0.2) is 42.7 Å². The number of hydrazone groups is 1. The first-order valence-electron chi connectivity index (χ1n) is 8.32. The third-order valence-electron chi connectivity index (χ3n) is 4.96. The van der Waals surface area contributed by atoms with Gasteiger partial charge in [0.25, 0.3) is 11.4 Å². The minimum absolute atomic E-state index is 0.0151. The monoisotopic (exact) mass is 365 g/mol. The number of hydrogen-bond acceptors (Lipinski definition) is 6. The Morgan fingerprint density at radius 2 is 2.24 bits per heavy atom. The van der Waals surface area contributed by atoms with Crippen molar-refractivity contribution in [2.24, 2.45) is 10.8 Å². The van der Waals surface area contributed by atoms with Crippen LogP contribution in [0.15, 0.2) is 27.9 Å². The van der Waals surface area contributed by atoms with E-state index in [2.05, 4.69) is 10.5 Å². The number of furan rings is 1. The largest absolute Gasteiger partial charge is 0.622 e. The highest BCUT2D eigenvalue weighted by molar-refractivity contribution is 7.80. The molecule has 0 saturated heterocycles. The standard InChI is InChI=1S/C16H23N5O3S/c1-15(2)13(11-7-6-10-24-11)20(22)16(21(15)23)9-5-3-4-8-12(16)18-19-14(17)25/h6-7,10,23H,3-5,8-9H2,1-2H3,(H3,17,19,25)/b18-12-. The highest BCUT2D eigenvalue weighted by Gasteiger charge is 2.65. The van der Waals surface area contributed by atoms with Crippen molar-refractivity contribution in [1.29, 1.82) is 0 Å². The van der Waals surface area contributed by atoms with Gasteiger partial charge in [0.1, 0.15) is 11.3 Å².